The van der Waals surface area contributed by atoms with Crippen LogP contribution in [-0.4, -0.2) is 47.2 Å². The molecule has 1 aliphatic heterocycles. The van der Waals surface area contributed by atoms with Crippen LogP contribution in [0.25, 0.3) is 6.08 Å². The lowest BCUT2D eigenvalue weighted by molar-refractivity contribution is -0.134. The topological polar surface area (TPSA) is 91.4 Å². The number of piperidine rings is 1. The molecule has 30 heavy (non-hydrogen) atoms. The van der Waals surface area contributed by atoms with Gasteiger partial charge in [-0.15, -0.1) is 0 Å². The van der Waals surface area contributed by atoms with Crippen molar-refractivity contribution in [1.29, 1.82) is 0 Å². The molecule has 8 heteroatoms. The van der Waals surface area contributed by atoms with Gasteiger partial charge in [-0.25, -0.2) is 4.98 Å². The predicted octanol–water partition coefficient (Wildman–Crippen LogP) is 2.85. The first kappa shape index (κ1) is 21.7. The summed E-state index contributed by atoms with van der Waals surface area (Å²) in [6.07, 6.45) is 5.89. The van der Waals surface area contributed by atoms with Crippen LogP contribution < -0.4 is 10.6 Å². The molecule has 0 atom stereocenters. The van der Waals surface area contributed by atoms with E-state index in [9.17, 15) is 14.4 Å². The Kier molecular flexibility index (Phi) is 7.73. The van der Waals surface area contributed by atoms with E-state index in [4.69, 9.17) is 0 Å². The molecule has 0 unspecified atom stereocenters. The van der Waals surface area contributed by atoms with E-state index >= 15 is 0 Å². The maximum absolute atomic E-state index is 12.4. The smallest absolute Gasteiger partial charge is 0.244 e. The number of hydrogen-bond donors (Lipinski definition) is 2. The van der Waals surface area contributed by atoms with E-state index < -0.39 is 0 Å². The summed E-state index contributed by atoms with van der Waals surface area (Å²) in [6, 6.07) is 13.0. The van der Waals surface area contributed by atoms with Crippen LogP contribution in [-0.2, 0) is 14.4 Å². The molecule has 0 bridgehead atoms. The van der Waals surface area contributed by atoms with Gasteiger partial charge in [-0.3, -0.25) is 14.4 Å². The summed E-state index contributed by atoms with van der Waals surface area (Å²) in [7, 11) is 0. The van der Waals surface area contributed by atoms with Gasteiger partial charge in [0.2, 0.25) is 17.7 Å². The Labute approximate surface area is 183 Å². The van der Waals surface area contributed by atoms with Gasteiger partial charge in [0.25, 0.3) is 0 Å². The summed E-state index contributed by atoms with van der Waals surface area (Å²) in [5.74, 6) is -0.208. The number of amides is 3. The molecule has 2 N–H and O–H groups in total. The van der Waals surface area contributed by atoms with Gasteiger partial charge in [0.05, 0.1) is 6.54 Å². The van der Waals surface area contributed by atoms with E-state index in [-0.39, 0.29) is 30.2 Å². The summed E-state index contributed by atoms with van der Waals surface area (Å²) in [5.41, 5.74) is 0.915. The van der Waals surface area contributed by atoms with E-state index in [1.165, 1.54) is 6.08 Å². The number of carbonyl (C=O) groups excluding carboxylic acids is 3. The summed E-state index contributed by atoms with van der Waals surface area (Å²) in [6.45, 7) is 0.915. The lowest BCUT2D eigenvalue weighted by Gasteiger charge is -2.31. The highest BCUT2D eigenvalue weighted by Gasteiger charge is 2.27. The number of hydrogen-bond acceptors (Lipinski definition) is 4. The Bertz CT molecular complexity index is 908. The fraction of sp³-hybridized carbons (Fsp3) is 0.273. The second-order valence-corrected chi connectivity index (χ2v) is 7.88. The highest BCUT2D eigenvalue weighted by atomic mass is 79.9. The van der Waals surface area contributed by atoms with Gasteiger partial charge in [0, 0.05) is 35.8 Å². The molecule has 3 amide bonds. The number of nitrogens with zero attached hydrogens (tertiary/aromatic N) is 2. The van der Waals surface area contributed by atoms with Crippen molar-refractivity contribution in [2.24, 2.45) is 5.92 Å². The van der Waals surface area contributed by atoms with Crippen molar-refractivity contribution in [2.75, 3.05) is 25.0 Å². The summed E-state index contributed by atoms with van der Waals surface area (Å²) in [5, 5.41) is 5.42. The van der Waals surface area contributed by atoms with Crippen molar-refractivity contribution in [3.63, 3.8) is 0 Å². The number of anilines is 1. The first-order valence-corrected chi connectivity index (χ1v) is 10.5. The SMILES string of the molecule is O=C(/C=C/c1ccccc1)NCC(=O)N1CCC(C(=O)Nc2ccc(Br)cn2)CC1. The normalized spacial score (nSPS) is 14.5. The number of halogens is 1. The van der Waals surface area contributed by atoms with Gasteiger partial charge < -0.3 is 15.5 Å². The van der Waals surface area contributed by atoms with Gasteiger partial charge >= 0.3 is 0 Å². The van der Waals surface area contributed by atoms with E-state index in [2.05, 4.69) is 31.5 Å². The number of benzene rings is 1. The highest BCUT2D eigenvalue weighted by Crippen LogP contribution is 2.19. The standard InChI is InChI=1S/C22H23BrN4O3/c23-18-7-8-19(24-14-18)26-22(30)17-10-12-27(13-11-17)21(29)15-25-20(28)9-6-16-4-2-1-3-5-16/h1-9,14,17H,10-13,15H2,(H,25,28)(H,24,26,30)/b9-6+. The third-order valence-electron chi connectivity index (χ3n) is 4.84. The molecule has 0 saturated carbocycles. The van der Waals surface area contributed by atoms with Crippen LogP contribution in [0.4, 0.5) is 5.82 Å². The van der Waals surface area contributed by atoms with E-state index in [0.29, 0.717) is 31.7 Å². The lowest BCUT2D eigenvalue weighted by Crippen LogP contribution is -2.45. The van der Waals surface area contributed by atoms with Crippen molar-refractivity contribution in [2.45, 2.75) is 12.8 Å². The number of pyridine rings is 1. The molecule has 1 aromatic carbocycles. The lowest BCUT2D eigenvalue weighted by atomic mass is 9.96. The second-order valence-electron chi connectivity index (χ2n) is 6.97. The maximum atomic E-state index is 12.4. The Morgan fingerprint density at radius 2 is 1.83 bits per heavy atom. The molecule has 7 nitrogen and oxygen atoms in total. The Balaban J connectivity index is 1.39. The minimum absolute atomic E-state index is 0.0579. The zero-order valence-electron chi connectivity index (χ0n) is 16.4. The molecule has 2 aromatic rings. The first-order valence-electron chi connectivity index (χ1n) is 9.72. The molecule has 1 aromatic heterocycles. The van der Waals surface area contributed by atoms with Crippen LogP contribution >= 0.6 is 15.9 Å². The average Bonchev–Trinajstić information content (AvgIpc) is 2.78. The van der Waals surface area contributed by atoms with Crippen molar-refractivity contribution < 1.29 is 14.4 Å². The third-order valence-corrected chi connectivity index (χ3v) is 5.31. The van der Waals surface area contributed by atoms with Crippen LogP contribution in [0.1, 0.15) is 18.4 Å². The number of likely N-dealkylation sites (tertiary alicyclic amines) is 1. The summed E-state index contributed by atoms with van der Waals surface area (Å²) in [4.78, 5) is 42.5. The third kappa shape index (κ3) is 6.52. The Hall–Kier alpha value is -3.00. The fourth-order valence-electron chi connectivity index (χ4n) is 3.14. The minimum atomic E-state index is -0.316. The zero-order valence-corrected chi connectivity index (χ0v) is 18.0. The number of carbonyl (C=O) groups is 3. The summed E-state index contributed by atoms with van der Waals surface area (Å²) < 4.78 is 0.843. The van der Waals surface area contributed by atoms with Gasteiger partial charge in [-0.1, -0.05) is 30.3 Å². The van der Waals surface area contributed by atoms with Crippen molar-refractivity contribution in [3.05, 3.63) is 64.8 Å². The van der Waals surface area contributed by atoms with E-state index in [1.807, 2.05) is 36.4 Å². The molecule has 2 heterocycles. The number of aromatic nitrogens is 1. The molecule has 1 aliphatic rings. The molecule has 0 aliphatic carbocycles. The molecule has 1 saturated heterocycles. The van der Waals surface area contributed by atoms with E-state index in [1.54, 1.807) is 23.2 Å². The highest BCUT2D eigenvalue weighted by molar-refractivity contribution is 9.10. The van der Waals surface area contributed by atoms with Gasteiger partial charge in [0.15, 0.2) is 0 Å². The predicted molar refractivity (Wildman–Crippen MR) is 118 cm³/mol. The minimum Gasteiger partial charge on any atom is -0.343 e. The molecular weight excluding hydrogens is 448 g/mol. The van der Waals surface area contributed by atoms with Crippen LogP contribution in [0.5, 0.6) is 0 Å². The first-order chi connectivity index (χ1) is 14.5. The van der Waals surface area contributed by atoms with Gasteiger partial charge in [0.1, 0.15) is 5.82 Å². The van der Waals surface area contributed by atoms with Crippen LogP contribution in [0.3, 0.4) is 0 Å². The average molecular weight is 471 g/mol. The van der Waals surface area contributed by atoms with Crippen molar-refractivity contribution in [3.8, 4) is 0 Å². The largest absolute Gasteiger partial charge is 0.343 e. The fourth-order valence-corrected chi connectivity index (χ4v) is 3.37. The molecule has 0 radical (unpaired) electrons. The Morgan fingerprint density at radius 1 is 1.10 bits per heavy atom. The zero-order chi connectivity index (χ0) is 21.3. The molecule has 1 fully saturated rings. The summed E-state index contributed by atoms with van der Waals surface area (Å²) >= 11 is 3.31. The Morgan fingerprint density at radius 3 is 2.50 bits per heavy atom. The van der Waals surface area contributed by atoms with Crippen LogP contribution in [0.2, 0.25) is 0 Å². The molecule has 0 spiro atoms. The molecule has 3 rings (SSSR count). The number of nitrogens with one attached hydrogen (secondary N) is 2. The quantitative estimate of drug-likeness (QED) is 0.634. The van der Waals surface area contributed by atoms with Crippen LogP contribution in [0, 0.1) is 5.92 Å². The van der Waals surface area contributed by atoms with Crippen molar-refractivity contribution >= 4 is 45.5 Å². The number of rotatable bonds is 6. The van der Waals surface area contributed by atoms with E-state index in [0.717, 1.165) is 10.0 Å². The molecular formula is C22H23BrN4O3. The van der Waals surface area contributed by atoms with Crippen molar-refractivity contribution in [1.82, 2.24) is 15.2 Å². The van der Waals surface area contributed by atoms with Gasteiger partial charge in [-0.2, -0.15) is 0 Å². The van der Waals surface area contributed by atoms with Gasteiger partial charge in [-0.05, 0) is 52.5 Å². The maximum Gasteiger partial charge on any atom is 0.244 e. The second kappa shape index (κ2) is 10.7. The van der Waals surface area contributed by atoms with Crippen LogP contribution in [0.15, 0.2) is 59.2 Å². The monoisotopic (exact) mass is 470 g/mol. The molecule has 156 valence electrons.